The van der Waals surface area contributed by atoms with Gasteiger partial charge in [0.25, 0.3) is 5.91 Å². The number of benzene rings is 1. The summed E-state index contributed by atoms with van der Waals surface area (Å²) < 4.78 is 26.2. The van der Waals surface area contributed by atoms with Gasteiger partial charge in [-0.1, -0.05) is 19.8 Å². The molecule has 1 saturated heterocycles. The number of carbonyl (C=O) groups excluding carboxylic acids is 2. The predicted octanol–water partition coefficient (Wildman–Crippen LogP) is 3.12. The zero-order valence-electron chi connectivity index (χ0n) is 14.0. The lowest BCUT2D eigenvalue weighted by atomic mass is 9.95. The molecule has 0 bridgehead atoms. The molecular formula is C18H24F2N2O2. The molecule has 0 saturated carbocycles. The van der Waals surface area contributed by atoms with Crippen molar-refractivity contribution in [2.24, 2.45) is 5.92 Å². The fraction of sp³-hybridized carbons (Fsp3) is 0.556. The number of hydrogen-bond acceptors (Lipinski definition) is 2. The highest BCUT2D eigenvalue weighted by molar-refractivity contribution is 5.94. The topological polar surface area (TPSA) is 49.4 Å². The smallest absolute Gasteiger partial charge is 0.253 e. The van der Waals surface area contributed by atoms with E-state index < -0.39 is 11.6 Å². The third-order valence-electron chi connectivity index (χ3n) is 4.40. The van der Waals surface area contributed by atoms with Crippen LogP contribution >= 0.6 is 0 Å². The van der Waals surface area contributed by atoms with E-state index in [0.717, 1.165) is 31.4 Å². The van der Waals surface area contributed by atoms with Crippen molar-refractivity contribution < 1.29 is 18.4 Å². The summed E-state index contributed by atoms with van der Waals surface area (Å²) in [7, 11) is 0. The van der Waals surface area contributed by atoms with E-state index in [2.05, 4.69) is 12.2 Å². The van der Waals surface area contributed by atoms with Gasteiger partial charge >= 0.3 is 0 Å². The SMILES string of the molecule is CCCCCNC(=O)C1CCN(C(=O)c2ccc(F)c(F)c2)CC1. The third kappa shape index (κ3) is 4.76. The van der Waals surface area contributed by atoms with Crippen molar-refractivity contribution >= 4 is 11.8 Å². The van der Waals surface area contributed by atoms with Gasteiger partial charge in [0.2, 0.25) is 5.91 Å². The fourth-order valence-electron chi connectivity index (χ4n) is 2.89. The number of halogens is 2. The van der Waals surface area contributed by atoms with Gasteiger partial charge in [-0.3, -0.25) is 9.59 Å². The van der Waals surface area contributed by atoms with Crippen molar-refractivity contribution in [1.29, 1.82) is 0 Å². The largest absolute Gasteiger partial charge is 0.356 e. The van der Waals surface area contributed by atoms with Crippen LogP contribution in [0.15, 0.2) is 18.2 Å². The highest BCUT2D eigenvalue weighted by atomic mass is 19.2. The van der Waals surface area contributed by atoms with Gasteiger partial charge < -0.3 is 10.2 Å². The highest BCUT2D eigenvalue weighted by Crippen LogP contribution is 2.20. The first-order valence-corrected chi connectivity index (χ1v) is 8.55. The van der Waals surface area contributed by atoms with Gasteiger partial charge in [0.15, 0.2) is 11.6 Å². The molecule has 0 unspecified atom stereocenters. The lowest BCUT2D eigenvalue weighted by Gasteiger charge is -2.31. The summed E-state index contributed by atoms with van der Waals surface area (Å²) >= 11 is 0. The minimum atomic E-state index is -1.03. The van der Waals surface area contributed by atoms with Crippen LogP contribution in [0.25, 0.3) is 0 Å². The first kappa shape index (κ1) is 18.4. The fourth-order valence-corrected chi connectivity index (χ4v) is 2.89. The Bertz CT molecular complexity index is 584. The lowest BCUT2D eigenvalue weighted by Crippen LogP contribution is -2.43. The zero-order chi connectivity index (χ0) is 17.5. The van der Waals surface area contributed by atoms with E-state index in [1.165, 1.54) is 6.07 Å². The van der Waals surface area contributed by atoms with Crippen molar-refractivity contribution in [1.82, 2.24) is 10.2 Å². The third-order valence-corrected chi connectivity index (χ3v) is 4.40. The summed E-state index contributed by atoms with van der Waals surface area (Å²) in [5, 5.41) is 2.94. The summed E-state index contributed by atoms with van der Waals surface area (Å²) in [6.45, 7) is 3.71. The molecule has 1 aliphatic rings. The van der Waals surface area contributed by atoms with Crippen LogP contribution in [0.1, 0.15) is 49.4 Å². The second kappa shape index (κ2) is 8.76. The van der Waals surface area contributed by atoms with Crippen LogP contribution in [-0.4, -0.2) is 36.3 Å². The molecule has 6 heteroatoms. The first-order valence-electron chi connectivity index (χ1n) is 8.55. The number of rotatable bonds is 6. The standard InChI is InChI=1S/C18H24F2N2O2/c1-2-3-4-9-21-17(23)13-7-10-22(11-8-13)18(24)14-5-6-15(19)16(20)12-14/h5-6,12-13H,2-4,7-11H2,1H3,(H,21,23). The van der Waals surface area contributed by atoms with Gasteiger partial charge in [-0.2, -0.15) is 0 Å². The molecule has 1 aliphatic heterocycles. The molecule has 0 spiro atoms. The Kier molecular flexibility index (Phi) is 6.70. The van der Waals surface area contributed by atoms with Crippen molar-refractivity contribution in [2.45, 2.75) is 39.0 Å². The molecule has 2 amide bonds. The molecule has 1 N–H and O–H groups in total. The van der Waals surface area contributed by atoms with Gasteiger partial charge in [-0.15, -0.1) is 0 Å². The Hall–Kier alpha value is -1.98. The minimum Gasteiger partial charge on any atom is -0.356 e. The molecule has 1 aromatic carbocycles. The van der Waals surface area contributed by atoms with Gasteiger partial charge in [-0.25, -0.2) is 8.78 Å². The Balaban J connectivity index is 1.82. The number of nitrogens with one attached hydrogen (secondary N) is 1. The Morgan fingerprint density at radius 3 is 2.50 bits per heavy atom. The van der Waals surface area contributed by atoms with Crippen LogP contribution in [0.2, 0.25) is 0 Å². The zero-order valence-corrected chi connectivity index (χ0v) is 14.0. The highest BCUT2D eigenvalue weighted by Gasteiger charge is 2.27. The Labute approximate surface area is 141 Å². The summed E-state index contributed by atoms with van der Waals surface area (Å²) in [5.41, 5.74) is 0.136. The maximum Gasteiger partial charge on any atom is 0.253 e. The van der Waals surface area contributed by atoms with Crippen LogP contribution in [0, 0.1) is 17.6 Å². The van der Waals surface area contributed by atoms with Crippen molar-refractivity contribution in [3.05, 3.63) is 35.4 Å². The van der Waals surface area contributed by atoms with Gasteiger partial charge in [0.1, 0.15) is 0 Å². The number of piperidine rings is 1. The van der Waals surface area contributed by atoms with E-state index in [9.17, 15) is 18.4 Å². The van der Waals surface area contributed by atoms with E-state index >= 15 is 0 Å². The summed E-state index contributed by atoms with van der Waals surface area (Å²) in [6.07, 6.45) is 4.38. The summed E-state index contributed by atoms with van der Waals surface area (Å²) in [4.78, 5) is 26.0. The van der Waals surface area contributed by atoms with Gasteiger partial charge in [-0.05, 0) is 37.5 Å². The van der Waals surface area contributed by atoms with Crippen LogP contribution in [0.4, 0.5) is 8.78 Å². The van der Waals surface area contributed by atoms with Crippen molar-refractivity contribution in [3.8, 4) is 0 Å². The molecule has 2 rings (SSSR count). The number of unbranched alkanes of at least 4 members (excludes halogenated alkanes) is 2. The summed E-state index contributed by atoms with van der Waals surface area (Å²) in [6, 6.07) is 3.16. The Morgan fingerprint density at radius 2 is 1.88 bits per heavy atom. The molecule has 1 fully saturated rings. The van der Waals surface area contributed by atoms with Crippen molar-refractivity contribution in [2.75, 3.05) is 19.6 Å². The molecule has 1 aromatic rings. The first-order chi connectivity index (χ1) is 11.5. The van der Waals surface area contributed by atoms with Gasteiger partial charge in [0, 0.05) is 31.1 Å². The maximum absolute atomic E-state index is 13.2. The molecular weight excluding hydrogens is 314 g/mol. The number of likely N-dealkylation sites (tertiary alicyclic amines) is 1. The quantitative estimate of drug-likeness (QED) is 0.810. The predicted molar refractivity (Wildman–Crippen MR) is 87.5 cm³/mol. The number of nitrogens with zero attached hydrogens (tertiary/aromatic N) is 1. The van der Waals surface area contributed by atoms with E-state index in [-0.39, 0.29) is 23.3 Å². The van der Waals surface area contributed by atoms with Gasteiger partial charge in [0.05, 0.1) is 0 Å². The van der Waals surface area contributed by atoms with Crippen LogP contribution in [0.3, 0.4) is 0 Å². The number of hydrogen-bond donors (Lipinski definition) is 1. The van der Waals surface area contributed by atoms with Crippen molar-refractivity contribution in [3.63, 3.8) is 0 Å². The van der Waals surface area contributed by atoms with E-state index in [1.54, 1.807) is 4.90 Å². The average Bonchev–Trinajstić information content (AvgIpc) is 2.60. The monoisotopic (exact) mass is 338 g/mol. The van der Waals surface area contributed by atoms with E-state index in [1.807, 2.05) is 0 Å². The van der Waals surface area contributed by atoms with Crippen LogP contribution in [-0.2, 0) is 4.79 Å². The molecule has 1 heterocycles. The van der Waals surface area contributed by atoms with E-state index in [0.29, 0.717) is 32.5 Å². The maximum atomic E-state index is 13.2. The normalized spacial score (nSPS) is 15.4. The second-order valence-electron chi connectivity index (χ2n) is 6.19. The molecule has 4 nitrogen and oxygen atoms in total. The lowest BCUT2D eigenvalue weighted by molar-refractivity contribution is -0.126. The molecule has 24 heavy (non-hydrogen) atoms. The Morgan fingerprint density at radius 1 is 1.17 bits per heavy atom. The molecule has 132 valence electrons. The van der Waals surface area contributed by atoms with Crippen LogP contribution in [0.5, 0.6) is 0 Å². The van der Waals surface area contributed by atoms with Crippen LogP contribution < -0.4 is 5.32 Å². The average molecular weight is 338 g/mol. The second-order valence-corrected chi connectivity index (χ2v) is 6.19. The number of amides is 2. The molecule has 0 radical (unpaired) electrons. The molecule has 0 aromatic heterocycles. The van der Waals surface area contributed by atoms with E-state index in [4.69, 9.17) is 0 Å². The molecule has 0 atom stereocenters. The minimum absolute atomic E-state index is 0.0472. The summed E-state index contributed by atoms with van der Waals surface area (Å²) in [5.74, 6) is -2.35. The number of carbonyl (C=O) groups is 2. The molecule has 0 aliphatic carbocycles.